The molecule has 0 aromatic heterocycles. The van der Waals surface area contributed by atoms with E-state index in [0.29, 0.717) is 6.04 Å². The predicted molar refractivity (Wildman–Crippen MR) is 59.3 cm³/mol. The first kappa shape index (κ1) is 10.1. The molecule has 0 fully saturated rings. The van der Waals surface area contributed by atoms with Gasteiger partial charge in [0.2, 0.25) is 0 Å². The van der Waals surface area contributed by atoms with Gasteiger partial charge in [-0.15, -0.1) is 0 Å². The van der Waals surface area contributed by atoms with Crippen LogP contribution in [0.15, 0.2) is 18.2 Å². The molecule has 1 aromatic carbocycles. The van der Waals surface area contributed by atoms with E-state index in [1.807, 2.05) is 0 Å². The average Bonchev–Trinajstić information content (AvgIpc) is 2.13. The topological polar surface area (TPSA) is 12.0 Å². The second-order valence-corrected chi connectivity index (χ2v) is 3.70. The molecule has 1 nitrogen and oxygen atoms in total. The molecule has 0 bridgehead atoms. The fraction of sp³-hybridized carbons (Fsp3) is 0.500. The summed E-state index contributed by atoms with van der Waals surface area (Å²) in [6, 6.07) is 6.96. The predicted octanol–water partition coefficient (Wildman–Crippen LogP) is 3.51. The van der Waals surface area contributed by atoms with Gasteiger partial charge in [0.15, 0.2) is 0 Å². The number of benzene rings is 1. The summed E-state index contributed by atoms with van der Waals surface area (Å²) in [5, 5.41) is 3.50. The molecule has 1 atom stereocenters. The average molecular weight is 177 g/mol. The van der Waals surface area contributed by atoms with Gasteiger partial charge in [-0.05, 0) is 44.4 Å². The van der Waals surface area contributed by atoms with Crippen LogP contribution in [-0.4, -0.2) is 6.04 Å². The third kappa shape index (κ3) is 2.48. The third-order valence-corrected chi connectivity index (χ3v) is 2.62. The lowest BCUT2D eigenvalue weighted by Gasteiger charge is -2.16. The number of rotatable bonds is 3. The number of hydrogen-bond acceptors (Lipinski definition) is 1. The van der Waals surface area contributed by atoms with Crippen molar-refractivity contribution >= 4 is 5.69 Å². The van der Waals surface area contributed by atoms with Gasteiger partial charge < -0.3 is 5.32 Å². The molecule has 72 valence electrons. The smallest absolute Gasteiger partial charge is 0.0374 e. The van der Waals surface area contributed by atoms with Crippen LogP contribution in [0.5, 0.6) is 0 Å². The van der Waals surface area contributed by atoms with Gasteiger partial charge in [0.25, 0.3) is 0 Å². The molecule has 0 amide bonds. The standard InChI is InChI=1S/C12H19N/c1-5-10(3)13-12-8-6-7-9(2)11(12)4/h6-8,10,13H,5H2,1-4H3/t10-/m1/s1. The van der Waals surface area contributed by atoms with Gasteiger partial charge in [-0.2, -0.15) is 0 Å². The normalized spacial score (nSPS) is 12.6. The van der Waals surface area contributed by atoms with E-state index in [4.69, 9.17) is 0 Å². The number of nitrogens with one attached hydrogen (secondary N) is 1. The monoisotopic (exact) mass is 177 g/mol. The Kier molecular flexibility index (Phi) is 3.35. The molecule has 1 heteroatoms. The Hall–Kier alpha value is -0.980. The zero-order valence-corrected chi connectivity index (χ0v) is 9.02. The summed E-state index contributed by atoms with van der Waals surface area (Å²) in [5.41, 5.74) is 3.99. The first-order valence-corrected chi connectivity index (χ1v) is 4.98. The third-order valence-electron chi connectivity index (χ3n) is 2.62. The fourth-order valence-corrected chi connectivity index (χ4v) is 1.27. The lowest BCUT2D eigenvalue weighted by molar-refractivity contribution is 0.763. The number of hydrogen-bond donors (Lipinski definition) is 1. The van der Waals surface area contributed by atoms with E-state index in [1.54, 1.807) is 0 Å². The van der Waals surface area contributed by atoms with Gasteiger partial charge in [-0.3, -0.25) is 0 Å². The zero-order valence-electron chi connectivity index (χ0n) is 9.02. The Morgan fingerprint density at radius 3 is 2.62 bits per heavy atom. The van der Waals surface area contributed by atoms with Crippen LogP contribution in [0.2, 0.25) is 0 Å². The Balaban J connectivity index is 2.83. The van der Waals surface area contributed by atoms with E-state index in [9.17, 15) is 0 Å². The first-order chi connectivity index (χ1) is 6.15. The number of anilines is 1. The van der Waals surface area contributed by atoms with Gasteiger partial charge in [0.05, 0.1) is 0 Å². The van der Waals surface area contributed by atoms with Crippen molar-refractivity contribution in [3.05, 3.63) is 29.3 Å². The van der Waals surface area contributed by atoms with E-state index >= 15 is 0 Å². The van der Waals surface area contributed by atoms with Crippen LogP contribution in [0, 0.1) is 13.8 Å². The van der Waals surface area contributed by atoms with Crippen molar-refractivity contribution in [1.29, 1.82) is 0 Å². The van der Waals surface area contributed by atoms with Crippen molar-refractivity contribution in [3.8, 4) is 0 Å². The lowest BCUT2D eigenvalue weighted by Crippen LogP contribution is -2.14. The molecule has 0 heterocycles. The maximum atomic E-state index is 3.50. The van der Waals surface area contributed by atoms with Gasteiger partial charge in [0, 0.05) is 11.7 Å². The minimum absolute atomic E-state index is 0.556. The molecule has 0 aliphatic rings. The van der Waals surface area contributed by atoms with Crippen molar-refractivity contribution in [2.24, 2.45) is 0 Å². The first-order valence-electron chi connectivity index (χ1n) is 4.98. The van der Waals surface area contributed by atoms with Gasteiger partial charge in [-0.1, -0.05) is 19.1 Å². The summed E-state index contributed by atoms with van der Waals surface area (Å²) in [4.78, 5) is 0. The maximum Gasteiger partial charge on any atom is 0.0374 e. The minimum Gasteiger partial charge on any atom is -0.382 e. The van der Waals surface area contributed by atoms with Crippen molar-refractivity contribution in [3.63, 3.8) is 0 Å². The Labute approximate surface area is 81.2 Å². The van der Waals surface area contributed by atoms with E-state index in [2.05, 4.69) is 51.2 Å². The molecule has 1 aromatic rings. The second kappa shape index (κ2) is 4.31. The molecule has 0 radical (unpaired) electrons. The van der Waals surface area contributed by atoms with E-state index in [-0.39, 0.29) is 0 Å². The van der Waals surface area contributed by atoms with Gasteiger partial charge in [-0.25, -0.2) is 0 Å². The van der Waals surface area contributed by atoms with Crippen LogP contribution >= 0.6 is 0 Å². The van der Waals surface area contributed by atoms with Crippen molar-refractivity contribution in [1.82, 2.24) is 0 Å². The molecule has 1 rings (SSSR count). The van der Waals surface area contributed by atoms with Crippen LogP contribution < -0.4 is 5.32 Å². The molecule has 0 saturated carbocycles. The van der Waals surface area contributed by atoms with Crippen LogP contribution in [0.25, 0.3) is 0 Å². The highest BCUT2D eigenvalue weighted by atomic mass is 14.9. The Morgan fingerprint density at radius 2 is 2.00 bits per heavy atom. The summed E-state index contributed by atoms with van der Waals surface area (Å²) >= 11 is 0. The quantitative estimate of drug-likeness (QED) is 0.745. The summed E-state index contributed by atoms with van der Waals surface area (Å²) in [7, 11) is 0. The van der Waals surface area contributed by atoms with Crippen molar-refractivity contribution in [2.75, 3.05) is 5.32 Å². The second-order valence-electron chi connectivity index (χ2n) is 3.70. The molecular weight excluding hydrogens is 158 g/mol. The van der Waals surface area contributed by atoms with Crippen LogP contribution in [0.3, 0.4) is 0 Å². The highest BCUT2D eigenvalue weighted by Crippen LogP contribution is 2.19. The Morgan fingerprint density at radius 1 is 1.31 bits per heavy atom. The Bertz CT molecular complexity index is 278. The van der Waals surface area contributed by atoms with E-state index in [1.165, 1.54) is 16.8 Å². The molecule has 1 N–H and O–H groups in total. The summed E-state index contributed by atoms with van der Waals surface area (Å²) in [5.74, 6) is 0. The fourth-order valence-electron chi connectivity index (χ4n) is 1.27. The summed E-state index contributed by atoms with van der Waals surface area (Å²) in [6.07, 6.45) is 1.16. The highest BCUT2D eigenvalue weighted by molar-refractivity contribution is 5.54. The van der Waals surface area contributed by atoms with Crippen LogP contribution in [0.1, 0.15) is 31.4 Å². The molecule has 0 saturated heterocycles. The van der Waals surface area contributed by atoms with Crippen molar-refractivity contribution in [2.45, 2.75) is 40.2 Å². The van der Waals surface area contributed by atoms with Crippen LogP contribution in [0.4, 0.5) is 5.69 Å². The van der Waals surface area contributed by atoms with Crippen LogP contribution in [-0.2, 0) is 0 Å². The molecule has 0 aliphatic heterocycles. The van der Waals surface area contributed by atoms with E-state index in [0.717, 1.165) is 6.42 Å². The van der Waals surface area contributed by atoms with Crippen molar-refractivity contribution < 1.29 is 0 Å². The van der Waals surface area contributed by atoms with Gasteiger partial charge in [0.1, 0.15) is 0 Å². The van der Waals surface area contributed by atoms with Gasteiger partial charge >= 0.3 is 0 Å². The molecular formula is C12H19N. The molecule has 0 aliphatic carbocycles. The minimum atomic E-state index is 0.556. The largest absolute Gasteiger partial charge is 0.382 e. The highest BCUT2D eigenvalue weighted by Gasteiger charge is 2.02. The molecule has 0 spiro atoms. The summed E-state index contributed by atoms with van der Waals surface area (Å²) < 4.78 is 0. The SMILES string of the molecule is CC[C@@H](C)Nc1cccc(C)c1C. The maximum absolute atomic E-state index is 3.50. The molecule has 0 unspecified atom stereocenters. The van der Waals surface area contributed by atoms with E-state index < -0.39 is 0 Å². The summed E-state index contributed by atoms with van der Waals surface area (Å²) in [6.45, 7) is 8.72. The number of aryl methyl sites for hydroxylation is 1. The lowest BCUT2D eigenvalue weighted by atomic mass is 10.1. The molecule has 13 heavy (non-hydrogen) atoms. The zero-order chi connectivity index (χ0) is 9.84.